The molecule has 2 rings (SSSR count). The summed E-state index contributed by atoms with van der Waals surface area (Å²) >= 11 is 0. The van der Waals surface area contributed by atoms with Gasteiger partial charge in [-0.05, 0) is 29.7 Å². The van der Waals surface area contributed by atoms with Crippen molar-refractivity contribution in [1.29, 1.82) is 0 Å². The van der Waals surface area contributed by atoms with E-state index in [2.05, 4.69) is 18.9 Å². The fourth-order valence-electron chi connectivity index (χ4n) is 1.88. The fourth-order valence-corrected chi connectivity index (χ4v) is 3.27. The minimum Gasteiger partial charge on any atom is -0.272 e. The van der Waals surface area contributed by atoms with Crippen LogP contribution in [0.25, 0.3) is 0 Å². The Hall–Kier alpha value is -1.62. The molecule has 0 aliphatic rings. The van der Waals surface area contributed by atoms with E-state index in [1.807, 2.05) is 12.1 Å². The lowest BCUT2D eigenvalue weighted by Crippen LogP contribution is -2.09. The molecule has 0 unspecified atom stereocenters. The molecule has 0 atom stereocenters. The highest BCUT2D eigenvalue weighted by Gasteiger charge is 2.17. The molecule has 0 spiro atoms. The van der Waals surface area contributed by atoms with Gasteiger partial charge in [-0.1, -0.05) is 26.0 Å². The number of aromatic nitrogens is 2. The van der Waals surface area contributed by atoms with E-state index >= 15 is 0 Å². The van der Waals surface area contributed by atoms with E-state index in [1.165, 1.54) is 0 Å². The highest BCUT2D eigenvalue weighted by molar-refractivity contribution is 7.90. The Morgan fingerprint density at radius 1 is 1.16 bits per heavy atom. The normalized spacial score (nSPS) is 12.0. The molecule has 0 aliphatic carbocycles. The molecule has 19 heavy (non-hydrogen) atoms. The summed E-state index contributed by atoms with van der Waals surface area (Å²) in [5, 5.41) is 3.98. The molecule has 102 valence electrons. The van der Waals surface area contributed by atoms with E-state index in [0.29, 0.717) is 16.5 Å². The molecule has 5 heteroatoms. The highest BCUT2D eigenvalue weighted by Crippen LogP contribution is 2.20. The molecule has 0 radical (unpaired) electrons. The molecular formula is C14H18N2O2S. The van der Waals surface area contributed by atoms with Crippen LogP contribution in [0.15, 0.2) is 41.4 Å². The van der Waals surface area contributed by atoms with Crippen LogP contribution in [-0.4, -0.2) is 18.2 Å². The maximum absolute atomic E-state index is 12.3. The summed E-state index contributed by atoms with van der Waals surface area (Å²) in [6, 6.07) is 8.84. The first kappa shape index (κ1) is 13.8. The van der Waals surface area contributed by atoms with Crippen molar-refractivity contribution in [2.24, 2.45) is 7.05 Å². The van der Waals surface area contributed by atoms with Gasteiger partial charge in [0.05, 0.1) is 16.3 Å². The van der Waals surface area contributed by atoms with Crippen LogP contribution in [0.1, 0.15) is 31.0 Å². The Labute approximate surface area is 114 Å². The first-order valence-corrected chi connectivity index (χ1v) is 7.85. The molecule has 0 amide bonds. The first-order chi connectivity index (χ1) is 8.90. The van der Waals surface area contributed by atoms with Crippen LogP contribution in [0.5, 0.6) is 0 Å². The zero-order valence-corrected chi connectivity index (χ0v) is 12.2. The van der Waals surface area contributed by atoms with Crippen LogP contribution in [0.2, 0.25) is 0 Å². The number of nitrogens with zero attached hydrogens (tertiary/aromatic N) is 2. The molecule has 4 nitrogen and oxygen atoms in total. The second kappa shape index (κ2) is 5.17. The number of sulfone groups is 1. The Morgan fingerprint density at radius 3 is 2.26 bits per heavy atom. The van der Waals surface area contributed by atoms with Crippen molar-refractivity contribution in [2.45, 2.75) is 30.4 Å². The van der Waals surface area contributed by atoms with Crippen LogP contribution < -0.4 is 0 Å². The quantitative estimate of drug-likeness (QED) is 0.863. The third kappa shape index (κ3) is 3.04. The SMILES string of the molecule is CC(C)c1ccc(S(=O)(=O)Cc2ccnn2C)cc1. The minimum absolute atomic E-state index is 0.0233. The predicted octanol–water partition coefficient (Wildman–Crippen LogP) is 2.52. The van der Waals surface area contributed by atoms with E-state index < -0.39 is 9.84 Å². The molecule has 2 aromatic rings. The monoisotopic (exact) mass is 278 g/mol. The van der Waals surface area contributed by atoms with Gasteiger partial charge in [-0.15, -0.1) is 0 Å². The molecular weight excluding hydrogens is 260 g/mol. The average molecular weight is 278 g/mol. The molecule has 0 bridgehead atoms. The van der Waals surface area contributed by atoms with Gasteiger partial charge in [-0.25, -0.2) is 8.42 Å². The second-order valence-electron chi connectivity index (χ2n) is 4.93. The molecule has 0 N–H and O–H groups in total. The van der Waals surface area contributed by atoms with Crippen LogP contribution in [0.4, 0.5) is 0 Å². The number of hydrogen-bond acceptors (Lipinski definition) is 3. The summed E-state index contributed by atoms with van der Waals surface area (Å²) in [5.74, 6) is 0.374. The lowest BCUT2D eigenvalue weighted by Gasteiger charge is -2.08. The highest BCUT2D eigenvalue weighted by atomic mass is 32.2. The summed E-state index contributed by atoms with van der Waals surface area (Å²) in [6.07, 6.45) is 1.60. The van der Waals surface area contributed by atoms with Gasteiger partial charge in [0.15, 0.2) is 9.84 Å². The van der Waals surface area contributed by atoms with E-state index in [0.717, 1.165) is 5.56 Å². The second-order valence-corrected chi connectivity index (χ2v) is 6.92. The summed E-state index contributed by atoms with van der Waals surface area (Å²) in [6.45, 7) is 4.16. The molecule has 0 saturated heterocycles. The topological polar surface area (TPSA) is 52.0 Å². The van der Waals surface area contributed by atoms with Crippen molar-refractivity contribution in [1.82, 2.24) is 9.78 Å². The van der Waals surface area contributed by atoms with Crippen molar-refractivity contribution in [3.8, 4) is 0 Å². The molecule has 0 aliphatic heterocycles. The molecule has 1 aromatic carbocycles. The number of hydrogen-bond donors (Lipinski definition) is 0. The summed E-state index contributed by atoms with van der Waals surface area (Å²) in [7, 11) is -1.57. The third-order valence-corrected chi connectivity index (χ3v) is 4.83. The Kier molecular flexibility index (Phi) is 3.75. The van der Waals surface area contributed by atoms with Crippen LogP contribution in [-0.2, 0) is 22.6 Å². The Bertz CT molecular complexity index is 655. The van der Waals surface area contributed by atoms with Crippen molar-refractivity contribution < 1.29 is 8.42 Å². The van der Waals surface area contributed by atoms with Crippen molar-refractivity contribution in [2.75, 3.05) is 0 Å². The van der Waals surface area contributed by atoms with Crippen molar-refractivity contribution in [3.05, 3.63) is 47.8 Å². The van der Waals surface area contributed by atoms with E-state index in [4.69, 9.17) is 0 Å². The van der Waals surface area contributed by atoms with Gasteiger partial charge in [0, 0.05) is 13.2 Å². The zero-order valence-electron chi connectivity index (χ0n) is 11.4. The molecule has 1 aromatic heterocycles. The van der Waals surface area contributed by atoms with Crippen LogP contribution >= 0.6 is 0 Å². The summed E-state index contributed by atoms with van der Waals surface area (Å²) in [4.78, 5) is 0.359. The maximum Gasteiger partial charge on any atom is 0.184 e. The smallest absolute Gasteiger partial charge is 0.184 e. The van der Waals surface area contributed by atoms with Gasteiger partial charge in [0.2, 0.25) is 0 Å². The Morgan fingerprint density at radius 2 is 1.79 bits per heavy atom. The van der Waals surface area contributed by atoms with E-state index in [9.17, 15) is 8.42 Å². The van der Waals surface area contributed by atoms with Gasteiger partial charge < -0.3 is 0 Å². The van der Waals surface area contributed by atoms with Gasteiger partial charge in [0.1, 0.15) is 0 Å². The van der Waals surface area contributed by atoms with Gasteiger partial charge in [-0.3, -0.25) is 4.68 Å². The number of rotatable bonds is 4. The lowest BCUT2D eigenvalue weighted by atomic mass is 10.0. The summed E-state index contributed by atoms with van der Waals surface area (Å²) in [5.41, 5.74) is 1.83. The van der Waals surface area contributed by atoms with Crippen molar-refractivity contribution >= 4 is 9.84 Å². The fraction of sp³-hybridized carbons (Fsp3) is 0.357. The molecule has 0 saturated carbocycles. The summed E-state index contributed by atoms with van der Waals surface area (Å²) < 4.78 is 26.2. The number of aryl methyl sites for hydroxylation is 1. The number of benzene rings is 1. The maximum atomic E-state index is 12.3. The van der Waals surface area contributed by atoms with Crippen LogP contribution in [0, 0.1) is 0 Å². The van der Waals surface area contributed by atoms with Gasteiger partial charge in [0.25, 0.3) is 0 Å². The van der Waals surface area contributed by atoms with E-state index in [-0.39, 0.29) is 5.75 Å². The van der Waals surface area contributed by atoms with Gasteiger partial charge >= 0.3 is 0 Å². The zero-order chi connectivity index (χ0) is 14.0. The minimum atomic E-state index is -3.31. The molecule has 0 fully saturated rings. The third-order valence-electron chi connectivity index (χ3n) is 3.17. The van der Waals surface area contributed by atoms with Gasteiger partial charge in [-0.2, -0.15) is 5.10 Å². The largest absolute Gasteiger partial charge is 0.272 e. The molecule has 1 heterocycles. The predicted molar refractivity (Wildman–Crippen MR) is 74.6 cm³/mol. The first-order valence-electron chi connectivity index (χ1n) is 6.20. The van der Waals surface area contributed by atoms with Crippen LogP contribution in [0.3, 0.4) is 0 Å². The van der Waals surface area contributed by atoms with E-state index in [1.54, 1.807) is 36.1 Å². The van der Waals surface area contributed by atoms with Crippen molar-refractivity contribution in [3.63, 3.8) is 0 Å². The Balaban J connectivity index is 2.27. The standard InChI is InChI=1S/C14H18N2O2S/c1-11(2)12-4-6-14(7-5-12)19(17,18)10-13-8-9-15-16(13)3/h4-9,11H,10H2,1-3H3. The average Bonchev–Trinajstić information content (AvgIpc) is 2.74. The lowest BCUT2D eigenvalue weighted by molar-refractivity contribution is 0.591.